The molecule has 0 saturated carbocycles. The maximum Gasteiger partial charge on any atom is 0.233 e. The van der Waals surface area contributed by atoms with Gasteiger partial charge < -0.3 is 15.4 Å². The van der Waals surface area contributed by atoms with Gasteiger partial charge in [-0.15, -0.1) is 0 Å². The standard InChI is InChI=1S/C16H22N2O2/c17-14-6-9-18(12-14)15(19)16(7-10-20-11-8-16)13-4-2-1-3-5-13/h1-5,14H,6-12,17H2/t14-/m1/s1. The molecule has 2 aliphatic rings. The molecule has 0 aromatic heterocycles. The Morgan fingerprint density at radius 3 is 2.55 bits per heavy atom. The molecule has 4 heteroatoms. The molecule has 2 aliphatic heterocycles. The molecule has 0 spiro atoms. The molecule has 0 radical (unpaired) electrons. The van der Waals surface area contributed by atoms with Crippen molar-refractivity contribution in [1.82, 2.24) is 4.90 Å². The van der Waals surface area contributed by atoms with Crippen molar-refractivity contribution in [3.05, 3.63) is 35.9 Å². The Kier molecular flexibility index (Phi) is 3.76. The van der Waals surface area contributed by atoms with Gasteiger partial charge in [0.15, 0.2) is 0 Å². The molecule has 0 bridgehead atoms. The smallest absolute Gasteiger partial charge is 0.233 e. The molecule has 1 atom stereocenters. The van der Waals surface area contributed by atoms with Crippen molar-refractivity contribution < 1.29 is 9.53 Å². The second-order valence-electron chi connectivity index (χ2n) is 5.86. The summed E-state index contributed by atoms with van der Waals surface area (Å²) in [6, 6.07) is 10.3. The zero-order valence-corrected chi connectivity index (χ0v) is 11.8. The molecule has 108 valence electrons. The van der Waals surface area contributed by atoms with Crippen molar-refractivity contribution in [2.45, 2.75) is 30.7 Å². The summed E-state index contributed by atoms with van der Waals surface area (Å²) in [6.45, 7) is 2.78. The lowest BCUT2D eigenvalue weighted by Gasteiger charge is -2.39. The molecule has 3 rings (SSSR count). The fourth-order valence-electron chi connectivity index (χ4n) is 3.38. The molecule has 0 aliphatic carbocycles. The minimum absolute atomic E-state index is 0.131. The SMILES string of the molecule is N[C@@H]1CCN(C(=O)C2(c3ccccc3)CCOCC2)C1. The van der Waals surface area contributed by atoms with Gasteiger partial charge in [-0.3, -0.25) is 4.79 Å². The van der Waals surface area contributed by atoms with Crippen LogP contribution in [0.1, 0.15) is 24.8 Å². The minimum atomic E-state index is -0.413. The van der Waals surface area contributed by atoms with Crippen LogP contribution in [0.25, 0.3) is 0 Å². The van der Waals surface area contributed by atoms with Crippen molar-refractivity contribution in [2.24, 2.45) is 5.73 Å². The highest BCUT2D eigenvalue weighted by Gasteiger charge is 2.45. The highest BCUT2D eigenvalue weighted by atomic mass is 16.5. The summed E-state index contributed by atoms with van der Waals surface area (Å²) < 4.78 is 5.48. The monoisotopic (exact) mass is 274 g/mol. The Morgan fingerprint density at radius 1 is 1.25 bits per heavy atom. The number of carbonyl (C=O) groups is 1. The molecule has 2 fully saturated rings. The zero-order valence-electron chi connectivity index (χ0n) is 11.8. The molecular formula is C16H22N2O2. The van der Waals surface area contributed by atoms with Crippen LogP contribution < -0.4 is 5.73 Å². The summed E-state index contributed by atoms with van der Waals surface area (Å²) >= 11 is 0. The van der Waals surface area contributed by atoms with Crippen LogP contribution in [0.3, 0.4) is 0 Å². The van der Waals surface area contributed by atoms with Crippen LogP contribution in [0.2, 0.25) is 0 Å². The number of rotatable bonds is 2. The van der Waals surface area contributed by atoms with Crippen molar-refractivity contribution in [3.63, 3.8) is 0 Å². The predicted molar refractivity (Wildman–Crippen MR) is 77.3 cm³/mol. The first-order valence-electron chi connectivity index (χ1n) is 7.41. The third-order valence-electron chi connectivity index (χ3n) is 4.59. The second kappa shape index (κ2) is 5.54. The van der Waals surface area contributed by atoms with Crippen LogP contribution in [0.15, 0.2) is 30.3 Å². The van der Waals surface area contributed by atoms with Gasteiger partial charge >= 0.3 is 0 Å². The Balaban J connectivity index is 1.91. The summed E-state index contributed by atoms with van der Waals surface area (Å²) in [6.07, 6.45) is 2.44. The number of hydrogen-bond acceptors (Lipinski definition) is 3. The Morgan fingerprint density at radius 2 is 1.95 bits per heavy atom. The normalized spacial score (nSPS) is 25.6. The molecule has 20 heavy (non-hydrogen) atoms. The van der Waals surface area contributed by atoms with Crippen LogP contribution in [0, 0.1) is 0 Å². The largest absolute Gasteiger partial charge is 0.381 e. The van der Waals surface area contributed by atoms with Gasteiger partial charge in [-0.2, -0.15) is 0 Å². The van der Waals surface area contributed by atoms with E-state index in [0.717, 1.165) is 31.4 Å². The van der Waals surface area contributed by atoms with E-state index in [0.29, 0.717) is 19.8 Å². The predicted octanol–water partition coefficient (Wildman–Crippen LogP) is 1.29. The van der Waals surface area contributed by atoms with Crippen molar-refractivity contribution in [1.29, 1.82) is 0 Å². The van der Waals surface area contributed by atoms with Gasteiger partial charge in [0.1, 0.15) is 0 Å². The number of hydrogen-bond donors (Lipinski definition) is 1. The number of likely N-dealkylation sites (tertiary alicyclic amines) is 1. The third kappa shape index (κ3) is 2.34. The van der Waals surface area contributed by atoms with E-state index in [9.17, 15) is 4.79 Å². The number of benzene rings is 1. The third-order valence-corrected chi connectivity index (χ3v) is 4.59. The molecule has 2 heterocycles. The van der Waals surface area contributed by atoms with E-state index in [-0.39, 0.29) is 11.9 Å². The lowest BCUT2D eigenvalue weighted by molar-refractivity contribution is -0.140. The van der Waals surface area contributed by atoms with Gasteiger partial charge in [0, 0.05) is 32.3 Å². The van der Waals surface area contributed by atoms with E-state index in [1.165, 1.54) is 0 Å². The van der Waals surface area contributed by atoms with Gasteiger partial charge in [-0.1, -0.05) is 30.3 Å². The Bertz CT molecular complexity index is 469. The Hall–Kier alpha value is -1.39. The number of ether oxygens (including phenoxy) is 1. The zero-order chi connectivity index (χ0) is 14.0. The highest BCUT2D eigenvalue weighted by molar-refractivity contribution is 5.88. The van der Waals surface area contributed by atoms with E-state index in [1.807, 2.05) is 23.1 Å². The molecule has 1 amide bonds. The molecule has 1 aromatic carbocycles. The lowest BCUT2D eigenvalue weighted by Crippen LogP contribution is -2.49. The maximum absolute atomic E-state index is 13.1. The average Bonchev–Trinajstić information content (AvgIpc) is 2.94. The lowest BCUT2D eigenvalue weighted by atomic mass is 9.73. The highest BCUT2D eigenvalue weighted by Crippen LogP contribution is 2.37. The van der Waals surface area contributed by atoms with Gasteiger partial charge in [0.2, 0.25) is 5.91 Å². The summed E-state index contributed by atoms with van der Waals surface area (Å²) in [5.74, 6) is 0.236. The van der Waals surface area contributed by atoms with Crippen molar-refractivity contribution in [2.75, 3.05) is 26.3 Å². The van der Waals surface area contributed by atoms with Gasteiger partial charge in [0.05, 0.1) is 5.41 Å². The quantitative estimate of drug-likeness (QED) is 0.884. The van der Waals surface area contributed by atoms with E-state index >= 15 is 0 Å². The fraction of sp³-hybridized carbons (Fsp3) is 0.562. The van der Waals surface area contributed by atoms with Crippen molar-refractivity contribution in [3.8, 4) is 0 Å². The van der Waals surface area contributed by atoms with Crippen LogP contribution >= 0.6 is 0 Å². The number of amides is 1. The number of carbonyl (C=O) groups excluding carboxylic acids is 1. The molecule has 2 N–H and O–H groups in total. The van der Waals surface area contributed by atoms with Crippen LogP contribution in [0.4, 0.5) is 0 Å². The van der Waals surface area contributed by atoms with Crippen LogP contribution in [0.5, 0.6) is 0 Å². The first-order valence-corrected chi connectivity index (χ1v) is 7.41. The molecule has 1 aromatic rings. The summed E-state index contributed by atoms with van der Waals surface area (Å²) in [5, 5.41) is 0. The van der Waals surface area contributed by atoms with Gasteiger partial charge in [-0.25, -0.2) is 0 Å². The van der Waals surface area contributed by atoms with Crippen LogP contribution in [-0.4, -0.2) is 43.2 Å². The average molecular weight is 274 g/mol. The summed E-state index contributed by atoms with van der Waals surface area (Å²) in [7, 11) is 0. The van der Waals surface area contributed by atoms with E-state index in [2.05, 4.69) is 12.1 Å². The Labute approximate surface area is 119 Å². The number of nitrogens with two attached hydrogens (primary N) is 1. The topological polar surface area (TPSA) is 55.6 Å². The maximum atomic E-state index is 13.1. The second-order valence-corrected chi connectivity index (χ2v) is 5.86. The first kappa shape index (κ1) is 13.6. The summed E-state index contributed by atoms with van der Waals surface area (Å²) in [5.41, 5.74) is 6.66. The van der Waals surface area contributed by atoms with E-state index in [1.54, 1.807) is 0 Å². The van der Waals surface area contributed by atoms with Gasteiger partial charge in [0.25, 0.3) is 0 Å². The van der Waals surface area contributed by atoms with Crippen molar-refractivity contribution >= 4 is 5.91 Å². The molecule has 2 saturated heterocycles. The number of nitrogens with zero attached hydrogens (tertiary/aromatic N) is 1. The van der Waals surface area contributed by atoms with E-state index in [4.69, 9.17) is 10.5 Å². The fourth-order valence-corrected chi connectivity index (χ4v) is 3.38. The first-order chi connectivity index (χ1) is 9.72. The minimum Gasteiger partial charge on any atom is -0.381 e. The molecule has 4 nitrogen and oxygen atoms in total. The molecular weight excluding hydrogens is 252 g/mol. The van der Waals surface area contributed by atoms with E-state index < -0.39 is 5.41 Å². The van der Waals surface area contributed by atoms with Gasteiger partial charge in [-0.05, 0) is 24.8 Å². The van der Waals surface area contributed by atoms with Crippen LogP contribution in [-0.2, 0) is 14.9 Å². The summed E-state index contributed by atoms with van der Waals surface area (Å²) in [4.78, 5) is 15.0. The molecule has 0 unspecified atom stereocenters.